The summed E-state index contributed by atoms with van der Waals surface area (Å²) in [4.78, 5) is 13.9. The number of hydrogen-bond donors (Lipinski definition) is 0. The Balaban J connectivity index is 3.11. The second kappa shape index (κ2) is 4.94. The molecule has 4 nitrogen and oxygen atoms in total. The molecule has 0 saturated carbocycles. The minimum absolute atomic E-state index is 0.122. The van der Waals surface area contributed by atoms with Crippen LogP contribution in [-0.2, 0) is 0 Å². The molecule has 0 amide bonds. The average Bonchev–Trinajstić information content (AvgIpc) is 1.99. The number of rotatable bonds is 3. The third-order valence-corrected chi connectivity index (χ3v) is 2.25. The van der Waals surface area contributed by atoms with Crippen molar-refractivity contribution in [3.8, 4) is 0 Å². The van der Waals surface area contributed by atoms with Crippen LogP contribution in [0, 0.1) is 0 Å². The van der Waals surface area contributed by atoms with Crippen LogP contribution in [0.15, 0.2) is 0 Å². The van der Waals surface area contributed by atoms with Crippen molar-refractivity contribution in [3.05, 3.63) is 10.6 Å². The molecular formula is C9H14Cl2N4. The summed E-state index contributed by atoms with van der Waals surface area (Å²) in [7, 11) is 0. The number of hydrogen-bond acceptors (Lipinski definition) is 4. The van der Waals surface area contributed by atoms with Crippen molar-refractivity contribution in [1.29, 1.82) is 0 Å². The molecule has 0 saturated heterocycles. The zero-order valence-electron chi connectivity index (χ0n) is 9.20. The van der Waals surface area contributed by atoms with Crippen molar-refractivity contribution in [3.63, 3.8) is 0 Å². The van der Waals surface area contributed by atoms with Gasteiger partial charge in [0.1, 0.15) is 0 Å². The average molecular weight is 249 g/mol. The van der Waals surface area contributed by atoms with Crippen LogP contribution in [0.4, 0.5) is 5.95 Å². The number of nitrogens with zero attached hydrogens (tertiary/aromatic N) is 4. The van der Waals surface area contributed by atoms with Crippen molar-refractivity contribution in [1.82, 2.24) is 15.0 Å². The topological polar surface area (TPSA) is 41.9 Å². The maximum atomic E-state index is 5.73. The Labute approximate surface area is 99.6 Å². The highest BCUT2D eigenvalue weighted by atomic mass is 35.5. The molecule has 1 aromatic heterocycles. The molecule has 0 unspecified atom stereocenters. The smallest absolute Gasteiger partial charge is 0.231 e. The molecule has 0 aliphatic rings. The van der Waals surface area contributed by atoms with Crippen LogP contribution >= 0.6 is 23.2 Å². The van der Waals surface area contributed by atoms with Crippen LogP contribution in [0.2, 0.25) is 10.6 Å². The Morgan fingerprint density at radius 3 is 1.60 bits per heavy atom. The second-order valence-corrected chi connectivity index (χ2v) is 4.44. The zero-order valence-corrected chi connectivity index (χ0v) is 10.7. The van der Waals surface area contributed by atoms with Gasteiger partial charge in [-0.2, -0.15) is 15.0 Å². The van der Waals surface area contributed by atoms with E-state index < -0.39 is 0 Å². The molecule has 1 rings (SSSR count). The SMILES string of the molecule is CC(C)N(c1nc(Cl)nc(Cl)n1)C(C)C. The van der Waals surface area contributed by atoms with Gasteiger partial charge in [-0.25, -0.2) is 0 Å². The quantitative estimate of drug-likeness (QED) is 0.826. The van der Waals surface area contributed by atoms with Gasteiger partial charge in [0.15, 0.2) is 0 Å². The summed E-state index contributed by atoms with van der Waals surface area (Å²) in [5.74, 6) is 0.519. The van der Waals surface area contributed by atoms with E-state index in [2.05, 4.69) is 42.6 Å². The normalized spacial score (nSPS) is 11.2. The first-order valence-corrected chi connectivity index (χ1v) is 5.52. The minimum atomic E-state index is 0.122. The molecule has 0 radical (unpaired) electrons. The monoisotopic (exact) mass is 248 g/mol. The van der Waals surface area contributed by atoms with E-state index >= 15 is 0 Å². The van der Waals surface area contributed by atoms with Gasteiger partial charge in [-0.3, -0.25) is 0 Å². The van der Waals surface area contributed by atoms with Gasteiger partial charge in [-0.15, -0.1) is 0 Å². The Hall–Kier alpha value is -0.610. The van der Waals surface area contributed by atoms with E-state index in [-0.39, 0.29) is 22.7 Å². The molecule has 0 aliphatic heterocycles. The third-order valence-electron chi connectivity index (χ3n) is 1.91. The van der Waals surface area contributed by atoms with Crippen molar-refractivity contribution in [2.24, 2.45) is 0 Å². The molecule has 0 aliphatic carbocycles. The van der Waals surface area contributed by atoms with Gasteiger partial charge in [-0.1, -0.05) is 0 Å². The van der Waals surface area contributed by atoms with Crippen LogP contribution in [0.1, 0.15) is 27.7 Å². The molecule has 15 heavy (non-hydrogen) atoms. The summed E-state index contributed by atoms with van der Waals surface area (Å²) in [5.41, 5.74) is 0. The molecule has 84 valence electrons. The highest BCUT2D eigenvalue weighted by Crippen LogP contribution is 2.18. The number of aromatic nitrogens is 3. The Bertz CT molecular complexity index is 313. The van der Waals surface area contributed by atoms with Gasteiger partial charge >= 0.3 is 0 Å². The summed E-state index contributed by atoms with van der Waals surface area (Å²) in [5, 5.41) is 0.243. The van der Waals surface area contributed by atoms with Crippen LogP contribution in [0.5, 0.6) is 0 Å². The molecule has 1 heterocycles. The Morgan fingerprint density at radius 1 is 0.867 bits per heavy atom. The molecule has 1 aromatic rings. The fourth-order valence-corrected chi connectivity index (χ4v) is 1.84. The van der Waals surface area contributed by atoms with E-state index in [1.807, 2.05) is 4.90 Å². The lowest BCUT2D eigenvalue weighted by atomic mass is 10.2. The Morgan fingerprint density at radius 2 is 1.27 bits per heavy atom. The van der Waals surface area contributed by atoms with Gasteiger partial charge in [0.05, 0.1) is 0 Å². The van der Waals surface area contributed by atoms with Crippen molar-refractivity contribution in [2.75, 3.05) is 4.90 Å². The predicted octanol–water partition coefficient (Wildman–Crippen LogP) is 2.80. The minimum Gasteiger partial charge on any atom is -0.336 e. The third kappa shape index (κ3) is 3.18. The molecule has 0 spiro atoms. The lowest BCUT2D eigenvalue weighted by molar-refractivity contribution is 0.589. The maximum absolute atomic E-state index is 5.73. The summed E-state index contributed by atoms with van der Waals surface area (Å²) in [6.07, 6.45) is 0. The standard InChI is InChI=1S/C9H14Cl2N4/c1-5(2)15(6(3)4)9-13-7(10)12-8(11)14-9/h5-6H,1-4H3. The maximum Gasteiger partial charge on any atom is 0.231 e. The largest absolute Gasteiger partial charge is 0.336 e. The second-order valence-electron chi connectivity index (χ2n) is 3.77. The highest BCUT2D eigenvalue weighted by Gasteiger charge is 2.18. The molecule has 0 aromatic carbocycles. The summed E-state index contributed by atoms with van der Waals surface area (Å²) < 4.78 is 0. The summed E-state index contributed by atoms with van der Waals surface area (Å²) in [6, 6.07) is 0.555. The Kier molecular flexibility index (Phi) is 4.11. The summed E-state index contributed by atoms with van der Waals surface area (Å²) in [6.45, 7) is 8.24. The zero-order chi connectivity index (χ0) is 11.6. The predicted molar refractivity (Wildman–Crippen MR) is 62.6 cm³/mol. The fourth-order valence-electron chi connectivity index (χ4n) is 1.49. The van der Waals surface area contributed by atoms with E-state index in [9.17, 15) is 0 Å². The number of halogens is 2. The first-order valence-electron chi connectivity index (χ1n) is 4.77. The van der Waals surface area contributed by atoms with Gasteiger partial charge in [0.25, 0.3) is 0 Å². The highest BCUT2D eigenvalue weighted by molar-refractivity contribution is 6.31. The van der Waals surface area contributed by atoms with Crippen LogP contribution in [0.3, 0.4) is 0 Å². The lowest BCUT2D eigenvalue weighted by Gasteiger charge is -2.30. The molecule has 0 bridgehead atoms. The molecule has 0 N–H and O–H groups in total. The van der Waals surface area contributed by atoms with E-state index in [4.69, 9.17) is 23.2 Å². The van der Waals surface area contributed by atoms with E-state index in [1.54, 1.807) is 0 Å². The van der Waals surface area contributed by atoms with E-state index in [1.165, 1.54) is 0 Å². The van der Waals surface area contributed by atoms with Crippen LogP contribution < -0.4 is 4.90 Å². The van der Waals surface area contributed by atoms with Crippen molar-refractivity contribution >= 4 is 29.2 Å². The first kappa shape index (κ1) is 12.5. The van der Waals surface area contributed by atoms with Crippen molar-refractivity contribution < 1.29 is 0 Å². The molecule has 0 atom stereocenters. The molecular weight excluding hydrogens is 235 g/mol. The molecule has 6 heteroatoms. The van der Waals surface area contributed by atoms with Crippen molar-refractivity contribution in [2.45, 2.75) is 39.8 Å². The van der Waals surface area contributed by atoms with E-state index in [0.717, 1.165) is 0 Å². The first-order chi connectivity index (χ1) is 6.91. The summed E-state index contributed by atoms with van der Waals surface area (Å²) >= 11 is 11.5. The van der Waals surface area contributed by atoms with Crippen LogP contribution in [0.25, 0.3) is 0 Å². The van der Waals surface area contributed by atoms with Crippen LogP contribution in [-0.4, -0.2) is 27.0 Å². The van der Waals surface area contributed by atoms with Gasteiger partial charge in [-0.05, 0) is 50.9 Å². The van der Waals surface area contributed by atoms with Gasteiger partial charge in [0.2, 0.25) is 16.5 Å². The van der Waals surface area contributed by atoms with Gasteiger partial charge in [0, 0.05) is 12.1 Å². The number of anilines is 1. The van der Waals surface area contributed by atoms with Gasteiger partial charge < -0.3 is 4.90 Å². The fraction of sp³-hybridized carbons (Fsp3) is 0.667. The molecule has 0 fully saturated rings. The van der Waals surface area contributed by atoms with E-state index in [0.29, 0.717) is 5.95 Å². The lowest BCUT2D eigenvalue weighted by Crippen LogP contribution is -2.38.